The average molecular weight is 506 g/mol. The highest BCUT2D eigenvalue weighted by Gasteiger charge is 2.39. The molecule has 0 unspecified atom stereocenters. The fourth-order valence-electron chi connectivity index (χ4n) is 2.46. The van der Waals surface area contributed by atoms with E-state index in [0.717, 1.165) is 25.8 Å². The van der Waals surface area contributed by atoms with E-state index >= 15 is 0 Å². The summed E-state index contributed by atoms with van der Waals surface area (Å²) in [4.78, 5) is 12.9. The van der Waals surface area contributed by atoms with Crippen molar-refractivity contribution in [2.45, 2.75) is 22.7 Å². The van der Waals surface area contributed by atoms with E-state index in [1.54, 1.807) is 24.3 Å². The van der Waals surface area contributed by atoms with Crippen LogP contribution in [0.1, 0.15) is 21.6 Å². The molecule has 3 rings (SSSR count). The second kappa shape index (κ2) is 8.81. The van der Waals surface area contributed by atoms with E-state index in [0.29, 0.717) is 5.02 Å². The largest absolute Gasteiger partial charge is 0.457 e. The first-order valence-electron chi connectivity index (χ1n) is 8.14. The van der Waals surface area contributed by atoms with E-state index in [1.807, 2.05) is 0 Å². The Balaban J connectivity index is 1.89. The Morgan fingerprint density at radius 1 is 1.17 bits per heavy atom. The first-order chi connectivity index (χ1) is 13.6. The minimum absolute atomic E-state index is 0.189. The minimum Gasteiger partial charge on any atom is -0.457 e. The molecule has 1 aromatic heterocycles. The zero-order valence-electron chi connectivity index (χ0n) is 14.8. The molecule has 2 aromatic carbocycles. The monoisotopic (exact) mass is 504 g/mol. The SMILES string of the molecule is Cn1nc(C(F)(F)F)c(COC(=O)c2ccc(Cl)cc2)c1Sc1ccc(Br)cc1. The van der Waals surface area contributed by atoms with E-state index < -0.39 is 24.4 Å². The normalized spacial score (nSPS) is 11.5. The van der Waals surface area contributed by atoms with Crippen LogP contribution in [0.3, 0.4) is 0 Å². The molecule has 0 atom stereocenters. The number of alkyl halides is 3. The number of carbonyl (C=O) groups excluding carboxylic acids is 1. The Hall–Kier alpha value is -1.97. The molecule has 3 aromatic rings. The maximum atomic E-state index is 13.5. The van der Waals surface area contributed by atoms with Gasteiger partial charge in [-0.15, -0.1) is 0 Å². The lowest BCUT2D eigenvalue weighted by molar-refractivity contribution is -0.142. The van der Waals surface area contributed by atoms with Crippen LogP contribution in [0.15, 0.2) is 62.9 Å². The van der Waals surface area contributed by atoms with Gasteiger partial charge in [-0.2, -0.15) is 18.3 Å². The average Bonchev–Trinajstić information content (AvgIpc) is 2.98. The van der Waals surface area contributed by atoms with Gasteiger partial charge in [0, 0.05) is 21.4 Å². The summed E-state index contributed by atoms with van der Waals surface area (Å²) in [6.45, 7) is -0.566. The van der Waals surface area contributed by atoms with Gasteiger partial charge in [0.25, 0.3) is 0 Å². The van der Waals surface area contributed by atoms with Crippen LogP contribution >= 0.6 is 39.3 Å². The van der Waals surface area contributed by atoms with Crippen LogP contribution in [0.5, 0.6) is 0 Å². The summed E-state index contributed by atoms with van der Waals surface area (Å²) in [5.41, 5.74) is -1.09. The van der Waals surface area contributed by atoms with Crippen molar-refractivity contribution in [1.82, 2.24) is 9.78 Å². The van der Waals surface area contributed by atoms with Crippen molar-refractivity contribution in [1.29, 1.82) is 0 Å². The molecular formula is C19H13BrClF3N2O2S. The Bertz CT molecular complexity index is 1020. The highest BCUT2D eigenvalue weighted by atomic mass is 79.9. The summed E-state index contributed by atoms with van der Waals surface area (Å²) < 4.78 is 47.6. The van der Waals surface area contributed by atoms with E-state index in [-0.39, 0.29) is 16.2 Å². The van der Waals surface area contributed by atoms with Crippen molar-refractivity contribution in [3.05, 3.63) is 74.8 Å². The molecule has 0 radical (unpaired) electrons. The van der Waals surface area contributed by atoms with Crippen molar-refractivity contribution in [3.8, 4) is 0 Å². The summed E-state index contributed by atoms with van der Waals surface area (Å²) >= 11 is 10.2. The van der Waals surface area contributed by atoms with Gasteiger partial charge in [0.2, 0.25) is 0 Å². The topological polar surface area (TPSA) is 44.1 Å². The molecular weight excluding hydrogens is 493 g/mol. The first kappa shape index (κ1) is 21.7. The quantitative estimate of drug-likeness (QED) is 0.378. The Kier molecular flexibility index (Phi) is 6.60. The number of ether oxygens (including phenoxy) is 1. The third-order valence-corrected chi connectivity index (χ3v) is 5.80. The molecule has 0 amide bonds. The van der Waals surface area contributed by atoms with Crippen molar-refractivity contribution < 1.29 is 22.7 Å². The number of esters is 1. The second-order valence-electron chi connectivity index (χ2n) is 5.89. The zero-order chi connectivity index (χ0) is 21.2. The van der Waals surface area contributed by atoms with Gasteiger partial charge in [0.1, 0.15) is 11.6 Å². The predicted molar refractivity (Wildman–Crippen MR) is 107 cm³/mol. The number of aryl methyl sites for hydroxylation is 1. The van der Waals surface area contributed by atoms with Crippen molar-refractivity contribution >= 4 is 45.3 Å². The van der Waals surface area contributed by atoms with Crippen LogP contribution < -0.4 is 0 Å². The minimum atomic E-state index is -4.68. The maximum absolute atomic E-state index is 13.5. The lowest BCUT2D eigenvalue weighted by Crippen LogP contribution is -2.12. The maximum Gasteiger partial charge on any atom is 0.435 e. The second-order valence-corrected chi connectivity index (χ2v) is 8.31. The van der Waals surface area contributed by atoms with Crippen molar-refractivity contribution in [2.24, 2.45) is 7.05 Å². The third kappa shape index (κ3) is 5.34. The molecule has 152 valence electrons. The molecule has 0 aliphatic rings. The van der Waals surface area contributed by atoms with Gasteiger partial charge in [-0.05, 0) is 48.5 Å². The van der Waals surface area contributed by atoms with E-state index in [4.69, 9.17) is 16.3 Å². The Morgan fingerprint density at radius 3 is 2.38 bits per heavy atom. The molecule has 0 saturated heterocycles. The molecule has 1 heterocycles. The van der Waals surface area contributed by atoms with E-state index in [1.165, 1.54) is 31.3 Å². The van der Waals surface area contributed by atoms with Gasteiger partial charge in [-0.25, -0.2) is 4.79 Å². The van der Waals surface area contributed by atoms with Gasteiger partial charge >= 0.3 is 12.1 Å². The third-order valence-electron chi connectivity index (χ3n) is 3.81. The summed E-state index contributed by atoms with van der Waals surface area (Å²) in [7, 11) is 1.42. The highest BCUT2D eigenvalue weighted by Crippen LogP contribution is 2.39. The molecule has 0 fully saturated rings. The number of aromatic nitrogens is 2. The molecule has 0 N–H and O–H groups in total. The molecule has 0 bridgehead atoms. The van der Waals surface area contributed by atoms with Crippen LogP contribution in [0.25, 0.3) is 0 Å². The first-order valence-corrected chi connectivity index (χ1v) is 10.1. The Labute approximate surface area is 182 Å². The molecule has 0 aliphatic carbocycles. The summed E-state index contributed by atoms with van der Waals surface area (Å²) in [6, 6.07) is 13.0. The van der Waals surface area contributed by atoms with Gasteiger partial charge in [0.15, 0.2) is 5.69 Å². The van der Waals surface area contributed by atoms with Gasteiger partial charge in [0.05, 0.1) is 11.1 Å². The van der Waals surface area contributed by atoms with E-state index in [2.05, 4.69) is 21.0 Å². The number of nitrogens with zero attached hydrogens (tertiary/aromatic N) is 2. The lowest BCUT2D eigenvalue weighted by atomic mass is 10.2. The number of benzene rings is 2. The molecule has 0 aliphatic heterocycles. The predicted octanol–water partition coefficient (Wildman–Crippen LogP) is 6.36. The number of halogens is 5. The lowest BCUT2D eigenvalue weighted by Gasteiger charge is -2.10. The molecule has 0 spiro atoms. The smallest absolute Gasteiger partial charge is 0.435 e. The molecule has 4 nitrogen and oxygen atoms in total. The number of rotatable bonds is 5. The van der Waals surface area contributed by atoms with Gasteiger partial charge < -0.3 is 4.74 Å². The van der Waals surface area contributed by atoms with Crippen molar-refractivity contribution in [3.63, 3.8) is 0 Å². The fourth-order valence-corrected chi connectivity index (χ4v) is 3.80. The van der Waals surface area contributed by atoms with Crippen LogP contribution in [0.4, 0.5) is 13.2 Å². The summed E-state index contributed by atoms with van der Waals surface area (Å²) in [5, 5.41) is 4.28. The summed E-state index contributed by atoms with van der Waals surface area (Å²) in [5.74, 6) is -0.752. The Morgan fingerprint density at radius 2 is 1.79 bits per heavy atom. The molecule has 10 heteroatoms. The fraction of sp³-hybridized carbons (Fsp3) is 0.158. The summed E-state index contributed by atoms with van der Waals surface area (Å²) in [6.07, 6.45) is -4.68. The molecule has 29 heavy (non-hydrogen) atoms. The van der Waals surface area contributed by atoms with Crippen LogP contribution in [0, 0.1) is 0 Å². The van der Waals surface area contributed by atoms with Crippen LogP contribution in [0.2, 0.25) is 5.02 Å². The number of hydrogen-bond acceptors (Lipinski definition) is 4. The van der Waals surface area contributed by atoms with Crippen LogP contribution in [-0.4, -0.2) is 15.7 Å². The number of hydrogen-bond donors (Lipinski definition) is 0. The van der Waals surface area contributed by atoms with Crippen LogP contribution in [-0.2, 0) is 24.6 Å². The highest BCUT2D eigenvalue weighted by molar-refractivity contribution is 9.10. The molecule has 0 saturated carbocycles. The standard InChI is InChI=1S/C19H13BrClF3N2O2S/c1-26-17(29-14-8-4-12(20)5-9-14)15(16(25-26)19(22,23)24)10-28-18(27)11-2-6-13(21)7-3-11/h2-9H,10H2,1H3. The van der Waals surface area contributed by atoms with Crippen molar-refractivity contribution in [2.75, 3.05) is 0 Å². The number of carbonyl (C=O) groups is 1. The zero-order valence-corrected chi connectivity index (χ0v) is 18.0. The van der Waals surface area contributed by atoms with Gasteiger partial charge in [-0.1, -0.05) is 39.3 Å². The van der Waals surface area contributed by atoms with E-state index in [9.17, 15) is 18.0 Å². The van der Waals surface area contributed by atoms with Gasteiger partial charge in [-0.3, -0.25) is 4.68 Å².